The van der Waals surface area contributed by atoms with Gasteiger partial charge in [-0.05, 0) is 51.0 Å². The van der Waals surface area contributed by atoms with E-state index in [1.807, 2.05) is 49.8 Å². The van der Waals surface area contributed by atoms with Gasteiger partial charge < -0.3 is 20.3 Å². The van der Waals surface area contributed by atoms with Crippen LogP contribution in [0, 0.1) is 0 Å². The molecule has 156 valence electrons. The van der Waals surface area contributed by atoms with E-state index in [1.54, 1.807) is 13.2 Å². The number of benzene rings is 1. The fourth-order valence-corrected chi connectivity index (χ4v) is 3.25. The van der Waals surface area contributed by atoms with Crippen molar-refractivity contribution in [1.82, 2.24) is 25.3 Å². The average Bonchev–Trinajstić information content (AvgIpc) is 3.33. The van der Waals surface area contributed by atoms with Crippen LogP contribution >= 0.6 is 0 Å². The maximum absolute atomic E-state index is 12.0. The molecule has 0 saturated carbocycles. The second-order valence-electron chi connectivity index (χ2n) is 8.10. The molecule has 1 amide bonds. The quantitative estimate of drug-likeness (QED) is 0.611. The van der Waals surface area contributed by atoms with Crippen molar-refractivity contribution < 1.29 is 9.53 Å². The van der Waals surface area contributed by atoms with Crippen LogP contribution in [0.15, 0.2) is 47.7 Å². The number of nitrogens with zero attached hydrogens (tertiary/aromatic N) is 4. The Bertz CT molecular complexity index is 824. The molecule has 1 aromatic carbocycles. The summed E-state index contributed by atoms with van der Waals surface area (Å²) in [6.45, 7) is 7.80. The lowest BCUT2D eigenvalue weighted by molar-refractivity contribution is 0.0507. The second kappa shape index (κ2) is 8.98. The van der Waals surface area contributed by atoms with Gasteiger partial charge in [-0.25, -0.2) is 9.48 Å². The summed E-state index contributed by atoms with van der Waals surface area (Å²) in [5.74, 6) is 0.828. The smallest absolute Gasteiger partial charge is 0.407 e. The van der Waals surface area contributed by atoms with Crippen molar-refractivity contribution in [2.24, 2.45) is 4.99 Å². The van der Waals surface area contributed by atoms with Gasteiger partial charge in [-0.15, -0.1) is 0 Å². The van der Waals surface area contributed by atoms with Gasteiger partial charge in [-0.1, -0.05) is 12.1 Å². The molecule has 1 aliphatic rings. The Hall–Kier alpha value is -3.03. The number of carbonyl (C=O) groups is 1. The summed E-state index contributed by atoms with van der Waals surface area (Å²) < 4.78 is 7.17. The number of alkyl carbamates (subject to hydrolysis) is 1. The molecule has 0 bridgehead atoms. The van der Waals surface area contributed by atoms with Gasteiger partial charge in [-0.3, -0.25) is 4.99 Å². The normalized spacial score (nSPS) is 17.3. The molecule has 8 nitrogen and oxygen atoms in total. The van der Waals surface area contributed by atoms with Gasteiger partial charge in [-0.2, -0.15) is 5.10 Å². The molecule has 0 aliphatic carbocycles. The van der Waals surface area contributed by atoms with E-state index in [9.17, 15) is 4.79 Å². The highest BCUT2D eigenvalue weighted by atomic mass is 16.6. The largest absolute Gasteiger partial charge is 0.444 e. The zero-order valence-corrected chi connectivity index (χ0v) is 17.6. The highest BCUT2D eigenvalue weighted by Gasteiger charge is 2.27. The highest BCUT2D eigenvalue weighted by Crippen LogP contribution is 2.13. The van der Waals surface area contributed by atoms with Crippen LogP contribution in [0.25, 0.3) is 5.69 Å². The minimum Gasteiger partial charge on any atom is -0.444 e. The average molecular weight is 399 g/mol. The Morgan fingerprint density at radius 2 is 2.07 bits per heavy atom. The van der Waals surface area contributed by atoms with Crippen molar-refractivity contribution in [2.75, 3.05) is 20.1 Å². The number of guanidine groups is 1. The molecule has 0 spiro atoms. The first-order valence-corrected chi connectivity index (χ1v) is 9.88. The van der Waals surface area contributed by atoms with Crippen LogP contribution in [0.4, 0.5) is 4.79 Å². The molecule has 2 aromatic rings. The number of nitrogens with one attached hydrogen (secondary N) is 2. The topological polar surface area (TPSA) is 83.8 Å². The van der Waals surface area contributed by atoms with Crippen molar-refractivity contribution in [1.29, 1.82) is 0 Å². The molecule has 29 heavy (non-hydrogen) atoms. The van der Waals surface area contributed by atoms with Crippen molar-refractivity contribution in [3.8, 4) is 5.69 Å². The van der Waals surface area contributed by atoms with Crippen LogP contribution in [-0.2, 0) is 11.3 Å². The summed E-state index contributed by atoms with van der Waals surface area (Å²) in [6, 6.07) is 10.2. The molecule has 2 heterocycles. The van der Waals surface area contributed by atoms with E-state index in [0.717, 1.165) is 30.2 Å². The molecular formula is C21H30N6O2. The zero-order valence-electron chi connectivity index (χ0n) is 17.6. The first-order chi connectivity index (χ1) is 13.8. The molecule has 1 aliphatic heterocycles. The predicted molar refractivity (Wildman–Crippen MR) is 113 cm³/mol. The van der Waals surface area contributed by atoms with E-state index in [4.69, 9.17) is 4.74 Å². The second-order valence-corrected chi connectivity index (χ2v) is 8.10. The number of aromatic nitrogens is 2. The number of hydrogen-bond donors (Lipinski definition) is 2. The minimum absolute atomic E-state index is 0.0526. The fourth-order valence-electron chi connectivity index (χ4n) is 3.25. The molecule has 0 radical (unpaired) electrons. The lowest BCUT2D eigenvalue weighted by Gasteiger charge is -2.23. The summed E-state index contributed by atoms with van der Waals surface area (Å²) in [6.07, 6.45) is 4.17. The summed E-state index contributed by atoms with van der Waals surface area (Å²) in [5, 5.41) is 10.6. The Morgan fingerprint density at radius 3 is 2.69 bits per heavy atom. The van der Waals surface area contributed by atoms with Gasteiger partial charge in [0.15, 0.2) is 5.96 Å². The van der Waals surface area contributed by atoms with Gasteiger partial charge in [0.2, 0.25) is 0 Å². The van der Waals surface area contributed by atoms with Crippen LogP contribution in [0.1, 0.15) is 32.8 Å². The van der Waals surface area contributed by atoms with Gasteiger partial charge in [0, 0.05) is 39.1 Å². The van der Waals surface area contributed by atoms with Gasteiger partial charge in [0.05, 0.1) is 11.7 Å². The molecule has 1 unspecified atom stereocenters. The number of hydrogen-bond acceptors (Lipinski definition) is 4. The van der Waals surface area contributed by atoms with Gasteiger partial charge in [0.1, 0.15) is 5.60 Å². The third-order valence-electron chi connectivity index (χ3n) is 4.58. The van der Waals surface area contributed by atoms with E-state index in [0.29, 0.717) is 13.1 Å². The van der Waals surface area contributed by atoms with E-state index < -0.39 is 5.60 Å². The Balaban J connectivity index is 1.49. The number of rotatable bonds is 4. The summed E-state index contributed by atoms with van der Waals surface area (Å²) in [5.41, 5.74) is 1.69. The Morgan fingerprint density at radius 1 is 1.31 bits per heavy atom. The lowest BCUT2D eigenvalue weighted by Crippen LogP contribution is -2.44. The van der Waals surface area contributed by atoms with E-state index in [2.05, 4.69) is 37.8 Å². The van der Waals surface area contributed by atoms with Crippen molar-refractivity contribution in [2.45, 2.75) is 45.4 Å². The minimum atomic E-state index is -0.493. The molecule has 1 saturated heterocycles. The molecule has 1 aromatic heterocycles. The number of amides is 1. The van der Waals surface area contributed by atoms with Crippen molar-refractivity contribution >= 4 is 12.1 Å². The molecule has 8 heteroatoms. The summed E-state index contributed by atoms with van der Waals surface area (Å²) in [4.78, 5) is 18.5. The Labute approximate surface area is 171 Å². The van der Waals surface area contributed by atoms with Crippen molar-refractivity contribution in [3.63, 3.8) is 0 Å². The van der Waals surface area contributed by atoms with Gasteiger partial charge >= 0.3 is 6.09 Å². The maximum atomic E-state index is 12.0. The number of ether oxygens (including phenoxy) is 1. The monoisotopic (exact) mass is 398 g/mol. The summed E-state index contributed by atoms with van der Waals surface area (Å²) in [7, 11) is 1.78. The van der Waals surface area contributed by atoms with Crippen LogP contribution in [-0.4, -0.2) is 58.5 Å². The number of carbonyl (C=O) groups excluding carboxylic acids is 1. The molecule has 3 rings (SSSR count). The van der Waals surface area contributed by atoms with E-state index in [1.165, 1.54) is 0 Å². The zero-order chi connectivity index (χ0) is 20.9. The van der Waals surface area contributed by atoms with Crippen LogP contribution < -0.4 is 10.6 Å². The molecule has 2 N–H and O–H groups in total. The third-order valence-corrected chi connectivity index (χ3v) is 4.58. The van der Waals surface area contributed by atoms with Gasteiger partial charge in [0.25, 0.3) is 0 Å². The van der Waals surface area contributed by atoms with Crippen LogP contribution in [0.3, 0.4) is 0 Å². The predicted octanol–water partition coefficient (Wildman–Crippen LogP) is 2.55. The number of likely N-dealkylation sites (tertiary alicyclic amines) is 1. The SMILES string of the molecule is CN=C(NCc1ccc(-n2cccn2)cc1)N1CCC(NC(=O)OC(C)(C)C)C1. The first-order valence-electron chi connectivity index (χ1n) is 9.88. The fraction of sp³-hybridized carbons (Fsp3) is 0.476. The Kier molecular flexibility index (Phi) is 6.41. The lowest BCUT2D eigenvalue weighted by atomic mass is 10.2. The highest BCUT2D eigenvalue weighted by molar-refractivity contribution is 5.80. The molecule has 1 fully saturated rings. The molecule has 1 atom stereocenters. The standard InChI is InChI=1S/C21H30N6O2/c1-21(2,3)29-20(28)25-17-10-13-26(15-17)19(22-4)23-14-16-6-8-18(9-7-16)27-12-5-11-24-27/h5-9,11-12,17H,10,13-15H2,1-4H3,(H,22,23)(H,25,28). The third kappa shape index (κ3) is 5.97. The summed E-state index contributed by atoms with van der Waals surface area (Å²) >= 11 is 0. The van der Waals surface area contributed by atoms with Crippen LogP contribution in [0.5, 0.6) is 0 Å². The van der Waals surface area contributed by atoms with E-state index in [-0.39, 0.29) is 12.1 Å². The number of aliphatic imine (C=N–C) groups is 1. The maximum Gasteiger partial charge on any atom is 0.407 e. The molecular weight excluding hydrogens is 368 g/mol. The first kappa shape index (κ1) is 20.7. The van der Waals surface area contributed by atoms with Crippen molar-refractivity contribution in [3.05, 3.63) is 48.3 Å². The van der Waals surface area contributed by atoms with Crippen LogP contribution in [0.2, 0.25) is 0 Å². The van der Waals surface area contributed by atoms with E-state index >= 15 is 0 Å².